The number of carbonyl (C=O) groups excluding carboxylic acids is 1. The molecule has 0 radical (unpaired) electrons. The number of imidazole rings is 1. The van der Waals surface area contributed by atoms with E-state index in [1.807, 2.05) is 50.2 Å². The van der Waals surface area contributed by atoms with Crippen LogP contribution in [0.2, 0.25) is 5.02 Å². The second kappa shape index (κ2) is 9.00. The minimum Gasteiger partial charge on any atom is -0.393 e. The van der Waals surface area contributed by atoms with Crippen LogP contribution in [0.5, 0.6) is 0 Å². The van der Waals surface area contributed by atoms with Crippen LogP contribution in [-0.4, -0.2) is 31.9 Å². The average Bonchev–Trinajstić information content (AvgIpc) is 3.08. The molecule has 5 nitrogen and oxygen atoms in total. The lowest BCUT2D eigenvalue weighted by Gasteiger charge is -2.28. The Hall–Kier alpha value is -2.02. The number of amides is 1. The van der Waals surface area contributed by atoms with Gasteiger partial charge in [-0.3, -0.25) is 4.79 Å². The molecule has 0 spiro atoms. The summed E-state index contributed by atoms with van der Waals surface area (Å²) >= 11 is 7.73. The standard InChI is InChI=1S/C23H26ClN3O2S/c1-14-7-12-19(18(24)13-14)25-22(29)15(2)30-23-26-20-5-3-4-6-21(20)27(23)16-8-10-17(28)11-9-16/h3-7,12-13,15-17,28H,8-11H2,1-2H3,(H,25,29)/t15?,16-,17-. The second-order valence-electron chi connectivity index (χ2n) is 7.95. The molecule has 0 aliphatic heterocycles. The number of nitrogens with one attached hydrogen (secondary N) is 1. The highest BCUT2D eigenvalue weighted by atomic mass is 35.5. The van der Waals surface area contributed by atoms with Gasteiger partial charge in [-0.2, -0.15) is 0 Å². The van der Waals surface area contributed by atoms with Gasteiger partial charge in [0.15, 0.2) is 5.16 Å². The molecule has 1 saturated carbocycles. The van der Waals surface area contributed by atoms with E-state index in [0.717, 1.165) is 47.4 Å². The molecule has 1 amide bonds. The van der Waals surface area contributed by atoms with Gasteiger partial charge < -0.3 is 15.0 Å². The van der Waals surface area contributed by atoms with Gasteiger partial charge >= 0.3 is 0 Å². The molecule has 1 fully saturated rings. The van der Waals surface area contributed by atoms with Gasteiger partial charge in [0, 0.05) is 6.04 Å². The Labute approximate surface area is 185 Å². The minimum atomic E-state index is -0.341. The molecule has 1 heterocycles. The smallest absolute Gasteiger partial charge is 0.237 e. The van der Waals surface area contributed by atoms with Crippen molar-refractivity contribution < 1.29 is 9.90 Å². The number of aliphatic hydroxyl groups is 1. The number of nitrogens with zero attached hydrogens (tertiary/aromatic N) is 2. The molecule has 1 aliphatic carbocycles. The van der Waals surface area contributed by atoms with Crippen molar-refractivity contribution in [1.82, 2.24) is 9.55 Å². The number of fused-ring (bicyclic) bond motifs is 1. The predicted molar refractivity (Wildman–Crippen MR) is 123 cm³/mol. The van der Waals surface area contributed by atoms with Crippen molar-refractivity contribution in [2.45, 2.75) is 62.1 Å². The summed E-state index contributed by atoms with van der Waals surface area (Å²) in [6, 6.07) is 14.0. The van der Waals surface area contributed by atoms with E-state index < -0.39 is 0 Å². The lowest BCUT2D eigenvalue weighted by Crippen LogP contribution is -2.24. The first-order valence-electron chi connectivity index (χ1n) is 10.3. The van der Waals surface area contributed by atoms with Crippen LogP contribution in [0.4, 0.5) is 5.69 Å². The number of aromatic nitrogens is 2. The number of carbonyl (C=O) groups is 1. The summed E-state index contributed by atoms with van der Waals surface area (Å²) in [5.41, 5.74) is 3.68. The number of aliphatic hydroxyl groups excluding tert-OH is 1. The number of rotatable bonds is 5. The second-order valence-corrected chi connectivity index (χ2v) is 9.66. The third-order valence-corrected chi connectivity index (χ3v) is 7.01. The van der Waals surface area contributed by atoms with Crippen LogP contribution in [-0.2, 0) is 4.79 Å². The van der Waals surface area contributed by atoms with E-state index >= 15 is 0 Å². The fourth-order valence-corrected chi connectivity index (χ4v) is 5.22. The number of para-hydroxylation sites is 2. The highest BCUT2D eigenvalue weighted by molar-refractivity contribution is 8.00. The first-order chi connectivity index (χ1) is 14.4. The third kappa shape index (κ3) is 4.51. The van der Waals surface area contributed by atoms with Crippen LogP contribution in [0, 0.1) is 6.92 Å². The molecule has 2 aromatic carbocycles. The maximum Gasteiger partial charge on any atom is 0.237 e. The summed E-state index contributed by atoms with van der Waals surface area (Å²) in [5.74, 6) is -0.108. The molecule has 0 bridgehead atoms. The van der Waals surface area contributed by atoms with E-state index in [0.29, 0.717) is 10.7 Å². The zero-order chi connectivity index (χ0) is 21.3. The van der Waals surface area contributed by atoms with Gasteiger partial charge in [0.25, 0.3) is 0 Å². The molecule has 7 heteroatoms. The maximum atomic E-state index is 12.8. The number of anilines is 1. The zero-order valence-electron chi connectivity index (χ0n) is 17.1. The van der Waals surface area contributed by atoms with Crippen molar-refractivity contribution in [3.05, 3.63) is 53.1 Å². The van der Waals surface area contributed by atoms with E-state index in [4.69, 9.17) is 16.6 Å². The van der Waals surface area contributed by atoms with Gasteiger partial charge in [0.2, 0.25) is 5.91 Å². The van der Waals surface area contributed by atoms with Gasteiger partial charge in [-0.05, 0) is 69.4 Å². The SMILES string of the molecule is Cc1ccc(NC(=O)C(C)Sc2nc3ccccc3n2[C@H]2CC[C@H](O)CC2)c(Cl)c1. The van der Waals surface area contributed by atoms with Gasteiger partial charge in [-0.15, -0.1) is 0 Å². The molecule has 0 saturated heterocycles. The molecule has 4 rings (SSSR count). The van der Waals surface area contributed by atoms with Crippen molar-refractivity contribution in [1.29, 1.82) is 0 Å². The van der Waals surface area contributed by atoms with E-state index in [1.165, 1.54) is 11.8 Å². The van der Waals surface area contributed by atoms with Gasteiger partial charge in [-0.25, -0.2) is 4.98 Å². The molecule has 3 aromatic rings. The summed E-state index contributed by atoms with van der Waals surface area (Å²) in [7, 11) is 0. The minimum absolute atomic E-state index is 0.108. The molecular formula is C23H26ClN3O2S. The number of hydrogen-bond donors (Lipinski definition) is 2. The van der Waals surface area contributed by atoms with Crippen molar-refractivity contribution in [2.24, 2.45) is 0 Å². The predicted octanol–water partition coefficient (Wildman–Crippen LogP) is 5.59. The van der Waals surface area contributed by atoms with Crippen LogP contribution in [0.15, 0.2) is 47.6 Å². The molecule has 158 valence electrons. The van der Waals surface area contributed by atoms with Gasteiger partial charge in [0.1, 0.15) is 0 Å². The topological polar surface area (TPSA) is 67.2 Å². The fourth-order valence-electron chi connectivity index (χ4n) is 3.94. The Morgan fingerprint density at radius 2 is 1.97 bits per heavy atom. The molecular weight excluding hydrogens is 418 g/mol. The molecule has 1 aromatic heterocycles. The quantitative estimate of drug-likeness (QED) is 0.504. The summed E-state index contributed by atoms with van der Waals surface area (Å²) in [6.45, 7) is 3.85. The maximum absolute atomic E-state index is 12.8. The molecule has 1 unspecified atom stereocenters. The fraction of sp³-hybridized carbons (Fsp3) is 0.391. The Morgan fingerprint density at radius 1 is 1.23 bits per heavy atom. The Kier molecular flexibility index (Phi) is 6.37. The summed E-state index contributed by atoms with van der Waals surface area (Å²) in [6.07, 6.45) is 3.20. The molecule has 1 atom stereocenters. The first-order valence-corrected chi connectivity index (χ1v) is 11.6. The molecule has 30 heavy (non-hydrogen) atoms. The van der Waals surface area contributed by atoms with Crippen LogP contribution in [0.25, 0.3) is 11.0 Å². The lowest BCUT2D eigenvalue weighted by atomic mass is 9.93. The lowest BCUT2D eigenvalue weighted by molar-refractivity contribution is -0.115. The number of thioether (sulfide) groups is 1. The van der Waals surface area contributed by atoms with E-state index in [-0.39, 0.29) is 23.3 Å². The number of halogens is 1. The van der Waals surface area contributed by atoms with Crippen LogP contribution >= 0.6 is 23.4 Å². The van der Waals surface area contributed by atoms with Crippen molar-refractivity contribution in [3.63, 3.8) is 0 Å². The highest BCUT2D eigenvalue weighted by Gasteiger charge is 2.27. The van der Waals surface area contributed by atoms with Crippen LogP contribution in [0.3, 0.4) is 0 Å². The zero-order valence-corrected chi connectivity index (χ0v) is 18.7. The first kappa shape index (κ1) is 21.2. The Balaban J connectivity index is 1.56. The van der Waals surface area contributed by atoms with E-state index in [1.54, 1.807) is 0 Å². The highest BCUT2D eigenvalue weighted by Crippen LogP contribution is 2.37. The Morgan fingerprint density at radius 3 is 2.70 bits per heavy atom. The molecule has 1 aliphatic rings. The summed E-state index contributed by atoms with van der Waals surface area (Å²) in [5, 5.41) is 13.9. The third-order valence-electron chi connectivity index (χ3n) is 5.63. The monoisotopic (exact) mass is 443 g/mol. The van der Waals surface area contributed by atoms with Crippen molar-refractivity contribution >= 4 is 46.0 Å². The van der Waals surface area contributed by atoms with Crippen LogP contribution < -0.4 is 5.32 Å². The normalized spacial score (nSPS) is 20.3. The number of hydrogen-bond acceptors (Lipinski definition) is 4. The van der Waals surface area contributed by atoms with Crippen LogP contribution in [0.1, 0.15) is 44.2 Å². The van der Waals surface area contributed by atoms with E-state index in [2.05, 4.69) is 16.0 Å². The summed E-state index contributed by atoms with van der Waals surface area (Å²) < 4.78 is 2.26. The van der Waals surface area contributed by atoms with Gasteiger partial charge in [0.05, 0.1) is 33.1 Å². The largest absolute Gasteiger partial charge is 0.393 e. The van der Waals surface area contributed by atoms with Gasteiger partial charge in [-0.1, -0.05) is 41.6 Å². The Bertz CT molecular complexity index is 1060. The summed E-state index contributed by atoms with van der Waals surface area (Å²) in [4.78, 5) is 17.7. The number of aryl methyl sites for hydroxylation is 1. The molecule has 2 N–H and O–H groups in total. The number of benzene rings is 2. The average molecular weight is 444 g/mol. The van der Waals surface area contributed by atoms with E-state index in [9.17, 15) is 9.90 Å². The van der Waals surface area contributed by atoms with Crippen molar-refractivity contribution in [2.75, 3.05) is 5.32 Å². The van der Waals surface area contributed by atoms with Crippen molar-refractivity contribution in [3.8, 4) is 0 Å².